The molecule has 0 spiro atoms. The number of nitrogens with zero attached hydrogens (tertiary/aromatic N) is 2. The molecule has 1 aromatic heterocycles. The second-order valence-corrected chi connectivity index (χ2v) is 5.53. The number of imidazole rings is 1. The van der Waals surface area contributed by atoms with Crippen LogP contribution in [0.25, 0.3) is 11.0 Å². The van der Waals surface area contributed by atoms with Gasteiger partial charge in [-0.25, -0.2) is 4.98 Å². The monoisotopic (exact) mass is 277 g/mol. The highest BCUT2D eigenvalue weighted by atomic mass is 16.3. The number of aromatic nitrogens is 2. The minimum Gasteiger partial charge on any atom is -0.399 e. The quantitative estimate of drug-likeness (QED) is 0.583. The van der Waals surface area contributed by atoms with E-state index in [-0.39, 0.29) is 19.8 Å². The number of nitrogens with two attached hydrogens (primary N) is 1. The first-order valence-corrected chi connectivity index (χ1v) is 6.76. The molecule has 0 radical (unpaired) electrons. The number of anilines is 1. The lowest BCUT2D eigenvalue weighted by Gasteiger charge is -2.31. The molecule has 0 unspecified atom stereocenters. The van der Waals surface area contributed by atoms with Gasteiger partial charge < -0.3 is 25.6 Å². The number of fused-ring (bicyclic) bond motifs is 1. The molecule has 20 heavy (non-hydrogen) atoms. The molecule has 5 N–H and O–H groups in total. The highest BCUT2D eigenvalue weighted by Crippen LogP contribution is 2.42. The topological polar surface area (TPSA) is 105 Å². The van der Waals surface area contributed by atoms with Crippen molar-refractivity contribution in [1.82, 2.24) is 9.55 Å². The first-order chi connectivity index (χ1) is 9.65. The molecule has 6 nitrogen and oxygen atoms in total. The van der Waals surface area contributed by atoms with Crippen molar-refractivity contribution < 1.29 is 15.3 Å². The number of rotatable bonds is 5. The summed E-state index contributed by atoms with van der Waals surface area (Å²) < 4.78 is 1.79. The third-order valence-electron chi connectivity index (χ3n) is 4.00. The maximum absolute atomic E-state index is 9.70. The van der Waals surface area contributed by atoms with Gasteiger partial charge in [-0.15, -0.1) is 0 Å². The molecule has 0 aliphatic heterocycles. The molecule has 0 saturated heterocycles. The average Bonchev–Trinajstić information content (AvgIpc) is 3.24. The normalized spacial score (nSPS) is 15.9. The van der Waals surface area contributed by atoms with Crippen LogP contribution in [0.4, 0.5) is 5.69 Å². The van der Waals surface area contributed by atoms with Crippen LogP contribution in [-0.2, 0) is 5.54 Å². The fourth-order valence-electron chi connectivity index (χ4n) is 2.59. The molecule has 1 heterocycles. The third-order valence-corrected chi connectivity index (χ3v) is 4.00. The summed E-state index contributed by atoms with van der Waals surface area (Å²) in [5, 5.41) is 29.1. The van der Waals surface area contributed by atoms with Crippen molar-refractivity contribution >= 4 is 16.7 Å². The van der Waals surface area contributed by atoms with Gasteiger partial charge in [-0.05, 0) is 31.0 Å². The Hall–Kier alpha value is -1.63. The van der Waals surface area contributed by atoms with E-state index in [0.717, 1.165) is 29.7 Å². The number of hydrogen-bond donors (Lipinski definition) is 4. The van der Waals surface area contributed by atoms with Crippen molar-refractivity contribution in [3.63, 3.8) is 0 Å². The molecule has 1 aliphatic carbocycles. The minimum absolute atomic E-state index is 0.327. The summed E-state index contributed by atoms with van der Waals surface area (Å²) in [6, 6.07) is 5.35. The summed E-state index contributed by atoms with van der Waals surface area (Å²) in [4.78, 5) is 4.59. The van der Waals surface area contributed by atoms with E-state index >= 15 is 0 Å². The summed E-state index contributed by atoms with van der Waals surface area (Å²) >= 11 is 0. The Bertz CT molecular complexity index is 622. The van der Waals surface area contributed by atoms with Crippen molar-refractivity contribution in [2.24, 2.45) is 0 Å². The van der Waals surface area contributed by atoms with Crippen molar-refractivity contribution in [2.75, 3.05) is 25.6 Å². The highest BCUT2D eigenvalue weighted by molar-refractivity contribution is 5.80. The van der Waals surface area contributed by atoms with Crippen LogP contribution in [0.5, 0.6) is 0 Å². The molecule has 108 valence electrons. The van der Waals surface area contributed by atoms with Crippen LogP contribution in [0.3, 0.4) is 0 Å². The summed E-state index contributed by atoms with van der Waals surface area (Å²) in [5.41, 5.74) is 6.77. The zero-order valence-electron chi connectivity index (χ0n) is 11.2. The Morgan fingerprint density at radius 3 is 2.40 bits per heavy atom. The third kappa shape index (κ3) is 1.88. The molecule has 3 rings (SSSR count). The van der Waals surface area contributed by atoms with Gasteiger partial charge in [0, 0.05) is 11.6 Å². The zero-order chi connectivity index (χ0) is 14.3. The lowest BCUT2D eigenvalue weighted by atomic mass is 10.0. The number of hydrogen-bond acceptors (Lipinski definition) is 5. The van der Waals surface area contributed by atoms with E-state index in [1.807, 2.05) is 6.07 Å². The van der Waals surface area contributed by atoms with Crippen molar-refractivity contribution in [3.05, 3.63) is 24.0 Å². The van der Waals surface area contributed by atoms with Crippen LogP contribution >= 0.6 is 0 Å². The maximum atomic E-state index is 9.70. The van der Waals surface area contributed by atoms with Crippen molar-refractivity contribution in [2.45, 2.75) is 24.3 Å². The Labute approximate surface area is 116 Å². The van der Waals surface area contributed by atoms with Crippen molar-refractivity contribution in [1.29, 1.82) is 0 Å². The second kappa shape index (κ2) is 4.73. The minimum atomic E-state index is -1.14. The van der Waals surface area contributed by atoms with Gasteiger partial charge in [0.1, 0.15) is 11.4 Å². The van der Waals surface area contributed by atoms with Gasteiger partial charge in [0.2, 0.25) is 0 Å². The van der Waals surface area contributed by atoms with Crippen LogP contribution < -0.4 is 5.73 Å². The van der Waals surface area contributed by atoms with E-state index in [1.54, 1.807) is 16.7 Å². The Balaban J connectivity index is 2.28. The lowest BCUT2D eigenvalue weighted by molar-refractivity contribution is 0.0161. The van der Waals surface area contributed by atoms with Crippen LogP contribution in [-0.4, -0.2) is 44.7 Å². The molecular formula is C14H19N3O3. The number of aliphatic hydroxyl groups is 3. The van der Waals surface area contributed by atoms with Crippen LogP contribution in [0, 0.1) is 0 Å². The van der Waals surface area contributed by atoms with E-state index in [4.69, 9.17) is 5.73 Å². The lowest BCUT2D eigenvalue weighted by Crippen LogP contribution is -2.45. The number of aliphatic hydroxyl groups excluding tert-OH is 3. The Morgan fingerprint density at radius 1 is 1.20 bits per heavy atom. The molecule has 2 aromatic rings. The van der Waals surface area contributed by atoms with Crippen LogP contribution in [0.2, 0.25) is 0 Å². The van der Waals surface area contributed by atoms with Gasteiger partial charge in [0.05, 0.1) is 30.9 Å². The molecule has 1 aliphatic rings. The fraction of sp³-hybridized carbons (Fsp3) is 0.500. The molecule has 1 aromatic carbocycles. The van der Waals surface area contributed by atoms with E-state index in [9.17, 15) is 15.3 Å². The smallest absolute Gasteiger partial charge is 0.115 e. The van der Waals surface area contributed by atoms with E-state index in [0.29, 0.717) is 11.6 Å². The predicted molar refractivity (Wildman–Crippen MR) is 75.4 cm³/mol. The summed E-state index contributed by atoms with van der Waals surface area (Å²) in [6.07, 6.45) is 2.08. The van der Waals surface area contributed by atoms with Gasteiger partial charge in [-0.3, -0.25) is 0 Å². The second-order valence-electron chi connectivity index (χ2n) is 5.53. The van der Waals surface area contributed by atoms with Crippen LogP contribution in [0.15, 0.2) is 18.2 Å². The van der Waals surface area contributed by atoms with Gasteiger partial charge in [-0.1, -0.05) is 0 Å². The molecule has 0 amide bonds. The highest BCUT2D eigenvalue weighted by Gasteiger charge is 2.39. The van der Waals surface area contributed by atoms with E-state index in [1.165, 1.54) is 0 Å². The molecule has 6 heteroatoms. The summed E-state index contributed by atoms with van der Waals surface area (Å²) in [7, 11) is 0. The van der Waals surface area contributed by atoms with E-state index < -0.39 is 5.54 Å². The standard InChI is InChI=1S/C14H19N3O3/c15-10-3-4-12-11(5-10)16-13(9-1-2-9)17(12)14(6-18,7-19)8-20/h3-5,9,18-20H,1-2,6-8,15H2. The van der Waals surface area contributed by atoms with Crippen molar-refractivity contribution in [3.8, 4) is 0 Å². The van der Waals surface area contributed by atoms with Gasteiger partial charge >= 0.3 is 0 Å². The fourth-order valence-corrected chi connectivity index (χ4v) is 2.59. The molecule has 0 bridgehead atoms. The van der Waals surface area contributed by atoms with Gasteiger partial charge in [0.15, 0.2) is 0 Å². The average molecular weight is 277 g/mol. The van der Waals surface area contributed by atoms with Gasteiger partial charge in [-0.2, -0.15) is 0 Å². The SMILES string of the molecule is Nc1ccc2c(c1)nc(C1CC1)n2C(CO)(CO)CO. The number of nitrogen functional groups attached to an aromatic ring is 1. The van der Waals surface area contributed by atoms with E-state index in [2.05, 4.69) is 4.98 Å². The predicted octanol–water partition coefficient (Wildman–Crippen LogP) is 0.168. The Kier molecular flexibility index (Phi) is 3.16. The van der Waals surface area contributed by atoms with Crippen LogP contribution in [0.1, 0.15) is 24.6 Å². The molecular weight excluding hydrogens is 258 g/mol. The van der Waals surface area contributed by atoms with Gasteiger partial charge in [0.25, 0.3) is 0 Å². The first-order valence-electron chi connectivity index (χ1n) is 6.76. The first kappa shape index (κ1) is 13.4. The summed E-state index contributed by atoms with van der Waals surface area (Å²) in [6.45, 7) is -1.05. The largest absolute Gasteiger partial charge is 0.399 e. The molecule has 1 fully saturated rings. The zero-order valence-corrected chi connectivity index (χ0v) is 11.2. The Morgan fingerprint density at radius 2 is 1.85 bits per heavy atom. The molecule has 0 atom stereocenters. The number of benzene rings is 1. The maximum Gasteiger partial charge on any atom is 0.115 e. The summed E-state index contributed by atoms with van der Waals surface area (Å²) in [5.74, 6) is 1.13. The molecule has 1 saturated carbocycles.